The lowest BCUT2D eigenvalue weighted by atomic mass is 9.94. The molecule has 0 spiro atoms. The lowest BCUT2D eigenvalue weighted by Gasteiger charge is -2.09. The number of rotatable bonds is 3. The first kappa shape index (κ1) is 11.4. The molecule has 0 amide bonds. The summed E-state index contributed by atoms with van der Waals surface area (Å²) in [5.74, 6) is 1.12. The van der Waals surface area contributed by atoms with Crippen molar-refractivity contribution in [1.82, 2.24) is 0 Å². The molecule has 0 aromatic heterocycles. The van der Waals surface area contributed by atoms with Gasteiger partial charge < -0.3 is 0 Å². The molecule has 0 saturated heterocycles. The molecule has 1 aliphatic rings. The van der Waals surface area contributed by atoms with Gasteiger partial charge in [0.2, 0.25) is 0 Å². The molecule has 1 aliphatic carbocycles. The predicted octanol–water partition coefficient (Wildman–Crippen LogP) is 3.50. The van der Waals surface area contributed by atoms with E-state index in [0.29, 0.717) is 0 Å². The van der Waals surface area contributed by atoms with Gasteiger partial charge in [0.25, 0.3) is 0 Å². The highest BCUT2D eigenvalue weighted by Crippen LogP contribution is 2.31. The summed E-state index contributed by atoms with van der Waals surface area (Å²) in [7, 11) is 0. The Morgan fingerprint density at radius 1 is 1.38 bits per heavy atom. The van der Waals surface area contributed by atoms with E-state index in [-0.39, 0.29) is 11.7 Å². The summed E-state index contributed by atoms with van der Waals surface area (Å²) in [6, 6.07) is 6.60. The zero-order chi connectivity index (χ0) is 11.7. The number of carbonyl (C=O) groups is 1. The maximum absolute atomic E-state index is 11.4. The second kappa shape index (κ2) is 4.40. The van der Waals surface area contributed by atoms with Gasteiger partial charge in [-0.1, -0.05) is 38.5 Å². The fourth-order valence-corrected chi connectivity index (χ4v) is 2.52. The Kier molecular flexibility index (Phi) is 3.13. The first-order chi connectivity index (χ1) is 7.61. The zero-order valence-corrected chi connectivity index (χ0v) is 10.4. The van der Waals surface area contributed by atoms with Gasteiger partial charge in [-0.25, -0.2) is 0 Å². The molecule has 0 bridgehead atoms. The minimum Gasteiger partial charge on any atom is -0.299 e. The molecule has 0 aliphatic heterocycles. The largest absolute Gasteiger partial charge is 0.299 e. The number of hydrogen-bond acceptors (Lipinski definition) is 1. The Bertz CT molecular complexity index is 406. The monoisotopic (exact) mass is 216 g/mol. The third kappa shape index (κ3) is 2.04. The summed E-state index contributed by atoms with van der Waals surface area (Å²) in [6.07, 6.45) is 3.68. The molecule has 0 heterocycles. The summed E-state index contributed by atoms with van der Waals surface area (Å²) >= 11 is 0. The van der Waals surface area contributed by atoms with E-state index < -0.39 is 0 Å². The Hall–Kier alpha value is -1.11. The molecule has 0 radical (unpaired) electrons. The summed E-state index contributed by atoms with van der Waals surface area (Å²) in [6.45, 7) is 5.93. The van der Waals surface area contributed by atoms with Crippen molar-refractivity contribution in [2.75, 3.05) is 0 Å². The number of ketones is 1. The summed E-state index contributed by atoms with van der Waals surface area (Å²) in [5, 5.41) is 0. The molecule has 2 rings (SSSR count). The van der Waals surface area contributed by atoms with Crippen molar-refractivity contribution in [1.29, 1.82) is 0 Å². The van der Waals surface area contributed by atoms with Gasteiger partial charge in [-0.05, 0) is 42.4 Å². The van der Waals surface area contributed by atoms with Crippen LogP contribution in [0.3, 0.4) is 0 Å². The predicted molar refractivity (Wildman–Crippen MR) is 66.7 cm³/mol. The van der Waals surface area contributed by atoms with E-state index >= 15 is 0 Å². The van der Waals surface area contributed by atoms with Crippen LogP contribution in [-0.4, -0.2) is 5.78 Å². The number of fused-ring (bicyclic) bond motifs is 1. The molecule has 1 heteroatoms. The summed E-state index contributed by atoms with van der Waals surface area (Å²) in [4.78, 5) is 11.4. The van der Waals surface area contributed by atoms with Gasteiger partial charge in [-0.2, -0.15) is 0 Å². The van der Waals surface area contributed by atoms with Crippen molar-refractivity contribution < 1.29 is 4.79 Å². The topological polar surface area (TPSA) is 17.1 Å². The first-order valence-electron chi connectivity index (χ1n) is 6.24. The Balaban J connectivity index is 2.25. The van der Waals surface area contributed by atoms with Gasteiger partial charge in [0.1, 0.15) is 5.78 Å². The Morgan fingerprint density at radius 2 is 2.06 bits per heavy atom. The Labute approximate surface area is 97.9 Å². The van der Waals surface area contributed by atoms with Crippen LogP contribution in [0, 0.1) is 5.92 Å². The zero-order valence-electron chi connectivity index (χ0n) is 10.4. The molecule has 16 heavy (non-hydrogen) atoms. The standard InChI is InChI=1S/C15H20O/c1-4-12-7-14-6-5-13(9-15(14)8-12)10(2)11(3)16/h5-6,9-10,12H,4,7-8H2,1-3H3. The van der Waals surface area contributed by atoms with E-state index in [1.54, 1.807) is 6.92 Å². The van der Waals surface area contributed by atoms with E-state index in [0.717, 1.165) is 5.92 Å². The second-order valence-electron chi connectivity index (χ2n) is 5.04. The molecule has 1 aromatic carbocycles. The maximum Gasteiger partial charge on any atom is 0.136 e. The van der Waals surface area contributed by atoms with Crippen LogP contribution in [0.4, 0.5) is 0 Å². The van der Waals surface area contributed by atoms with Gasteiger partial charge in [0.05, 0.1) is 0 Å². The van der Waals surface area contributed by atoms with Gasteiger partial charge in [0, 0.05) is 5.92 Å². The molecular weight excluding hydrogens is 196 g/mol. The van der Waals surface area contributed by atoms with Crippen LogP contribution in [0.1, 0.15) is 49.8 Å². The molecule has 0 N–H and O–H groups in total. The highest BCUT2D eigenvalue weighted by atomic mass is 16.1. The minimum atomic E-state index is 0.0472. The quantitative estimate of drug-likeness (QED) is 0.755. The molecule has 2 unspecified atom stereocenters. The third-order valence-corrected chi connectivity index (χ3v) is 3.93. The van der Waals surface area contributed by atoms with E-state index in [1.807, 2.05) is 6.92 Å². The van der Waals surface area contributed by atoms with Crippen molar-refractivity contribution in [2.24, 2.45) is 5.92 Å². The van der Waals surface area contributed by atoms with Gasteiger partial charge in [0.15, 0.2) is 0 Å². The van der Waals surface area contributed by atoms with Gasteiger partial charge >= 0.3 is 0 Å². The normalized spacial score (nSPS) is 20.6. The molecule has 1 aromatic rings. The van der Waals surface area contributed by atoms with Crippen LogP contribution in [0.2, 0.25) is 0 Å². The van der Waals surface area contributed by atoms with Crippen molar-refractivity contribution in [3.8, 4) is 0 Å². The number of hydrogen-bond donors (Lipinski definition) is 0. The van der Waals surface area contributed by atoms with Crippen LogP contribution >= 0.6 is 0 Å². The summed E-state index contributed by atoms with van der Waals surface area (Å²) < 4.78 is 0. The van der Waals surface area contributed by atoms with Crippen LogP contribution < -0.4 is 0 Å². The molecule has 0 saturated carbocycles. The fraction of sp³-hybridized carbons (Fsp3) is 0.533. The highest BCUT2D eigenvalue weighted by molar-refractivity contribution is 5.83. The number of carbonyl (C=O) groups excluding carboxylic acids is 1. The van der Waals surface area contributed by atoms with Crippen LogP contribution in [0.25, 0.3) is 0 Å². The lowest BCUT2D eigenvalue weighted by Crippen LogP contribution is -2.04. The van der Waals surface area contributed by atoms with Crippen LogP contribution in [-0.2, 0) is 17.6 Å². The van der Waals surface area contributed by atoms with E-state index in [9.17, 15) is 4.79 Å². The number of Topliss-reactive ketones (excluding diaryl/α,β-unsaturated/α-hetero) is 1. The van der Waals surface area contributed by atoms with Crippen LogP contribution in [0.15, 0.2) is 18.2 Å². The Morgan fingerprint density at radius 3 is 2.69 bits per heavy atom. The fourth-order valence-electron chi connectivity index (χ4n) is 2.52. The van der Waals surface area contributed by atoms with E-state index in [2.05, 4.69) is 25.1 Å². The van der Waals surface area contributed by atoms with Gasteiger partial charge in [-0.3, -0.25) is 4.79 Å². The smallest absolute Gasteiger partial charge is 0.136 e. The van der Waals surface area contributed by atoms with Crippen molar-refractivity contribution in [3.05, 3.63) is 34.9 Å². The highest BCUT2D eigenvalue weighted by Gasteiger charge is 2.21. The number of benzene rings is 1. The molecule has 2 atom stereocenters. The van der Waals surface area contributed by atoms with Crippen LogP contribution in [0.5, 0.6) is 0 Å². The lowest BCUT2D eigenvalue weighted by molar-refractivity contribution is -0.118. The molecule has 0 fully saturated rings. The average molecular weight is 216 g/mol. The van der Waals surface area contributed by atoms with Crippen molar-refractivity contribution in [2.45, 2.75) is 46.0 Å². The minimum absolute atomic E-state index is 0.0472. The summed E-state index contributed by atoms with van der Waals surface area (Å²) in [5.41, 5.74) is 4.15. The second-order valence-corrected chi connectivity index (χ2v) is 5.04. The average Bonchev–Trinajstić information content (AvgIpc) is 2.69. The van der Waals surface area contributed by atoms with Crippen molar-refractivity contribution >= 4 is 5.78 Å². The van der Waals surface area contributed by atoms with Gasteiger partial charge in [-0.15, -0.1) is 0 Å². The first-order valence-corrected chi connectivity index (χ1v) is 6.24. The molecule has 1 nitrogen and oxygen atoms in total. The van der Waals surface area contributed by atoms with E-state index in [1.165, 1.54) is 36.0 Å². The maximum atomic E-state index is 11.4. The molecule has 86 valence electrons. The molecular formula is C15H20O. The third-order valence-electron chi connectivity index (χ3n) is 3.93. The SMILES string of the molecule is CCC1Cc2ccc(C(C)C(C)=O)cc2C1. The van der Waals surface area contributed by atoms with E-state index in [4.69, 9.17) is 0 Å². The van der Waals surface area contributed by atoms with Crippen molar-refractivity contribution in [3.63, 3.8) is 0 Å².